The highest BCUT2D eigenvalue weighted by Gasteiger charge is 2.43. The van der Waals surface area contributed by atoms with Gasteiger partial charge in [-0.2, -0.15) is 0 Å². The zero-order chi connectivity index (χ0) is 20.8. The number of halogens is 1. The Morgan fingerprint density at radius 2 is 1.30 bits per heavy atom. The minimum atomic E-state index is -0.0488. The van der Waals surface area contributed by atoms with Crippen molar-refractivity contribution in [2.24, 2.45) is 0 Å². The van der Waals surface area contributed by atoms with E-state index in [1.807, 2.05) is 6.07 Å². The van der Waals surface area contributed by atoms with Gasteiger partial charge >= 0.3 is 0 Å². The van der Waals surface area contributed by atoms with Crippen LogP contribution in [0.3, 0.4) is 0 Å². The third kappa shape index (κ3) is 2.08. The molecule has 0 heterocycles. The molecule has 2 aliphatic rings. The summed E-state index contributed by atoms with van der Waals surface area (Å²) in [5, 5.41) is 3.50. The molecule has 30 heavy (non-hydrogen) atoms. The molecule has 6 rings (SSSR count). The van der Waals surface area contributed by atoms with Gasteiger partial charge in [0.1, 0.15) is 0 Å². The molecule has 0 aliphatic heterocycles. The van der Waals surface area contributed by atoms with Crippen LogP contribution < -0.4 is 0 Å². The lowest BCUT2D eigenvalue weighted by molar-refractivity contribution is 0.565. The average Bonchev–Trinajstić information content (AvgIpc) is 3.12. The molecule has 0 aromatic heterocycles. The summed E-state index contributed by atoms with van der Waals surface area (Å²) in [6.07, 6.45) is 1.07. The summed E-state index contributed by atoms with van der Waals surface area (Å²) in [6.45, 7) is 9.38. The minimum Gasteiger partial charge on any atom is -0.0837 e. The number of hydrogen-bond donors (Lipinski definition) is 0. The Hall–Kier alpha value is -2.57. The van der Waals surface area contributed by atoms with Crippen LogP contribution in [0.4, 0.5) is 0 Å². The molecule has 1 atom stereocenters. The van der Waals surface area contributed by atoms with E-state index >= 15 is 0 Å². The van der Waals surface area contributed by atoms with Crippen LogP contribution in [0, 0.1) is 0 Å². The predicted molar refractivity (Wildman–Crippen MR) is 129 cm³/mol. The Bertz CT molecular complexity index is 1380. The molecule has 0 amide bonds. The van der Waals surface area contributed by atoms with Gasteiger partial charge in [-0.25, -0.2) is 0 Å². The van der Waals surface area contributed by atoms with Crippen LogP contribution in [0.1, 0.15) is 56.4 Å². The number of hydrogen-bond acceptors (Lipinski definition) is 0. The summed E-state index contributed by atoms with van der Waals surface area (Å²) in [7, 11) is 0. The van der Waals surface area contributed by atoms with E-state index in [4.69, 9.17) is 11.6 Å². The summed E-state index contributed by atoms with van der Waals surface area (Å²) in [5.41, 5.74) is 10.9. The first kappa shape index (κ1) is 18.2. The molecule has 4 aromatic carbocycles. The van der Waals surface area contributed by atoms with Crippen molar-refractivity contribution in [3.8, 4) is 22.3 Å². The second-order valence-electron chi connectivity index (χ2n) is 9.66. The number of fused-ring (bicyclic) bond motifs is 7. The van der Waals surface area contributed by atoms with Gasteiger partial charge in [-0.05, 0) is 86.5 Å². The first-order valence-electron chi connectivity index (χ1n) is 10.9. The van der Waals surface area contributed by atoms with E-state index in [2.05, 4.69) is 88.4 Å². The first-order valence-corrected chi connectivity index (χ1v) is 11.3. The summed E-state index contributed by atoms with van der Waals surface area (Å²) in [6, 6.07) is 24.8. The van der Waals surface area contributed by atoms with Crippen molar-refractivity contribution >= 4 is 22.4 Å². The highest BCUT2D eigenvalue weighted by Crippen LogP contribution is 2.58. The molecule has 0 bridgehead atoms. The number of rotatable bonds is 1. The van der Waals surface area contributed by atoms with E-state index in [1.54, 1.807) is 0 Å². The topological polar surface area (TPSA) is 0 Å². The Kier molecular flexibility index (Phi) is 3.50. The van der Waals surface area contributed by atoms with Gasteiger partial charge in [-0.1, -0.05) is 75.7 Å². The standard InChI is InChI=1S/C29H25Cl/c1-5-29(4)24-14-18-10-7-6-9-17(18)13-19(24)20-15-23-21(16-25(20)29)27-22(28(23,2)3)11-8-12-26(27)30/h6-16H,5H2,1-4H3. The highest BCUT2D eigenvalue weighted by atomic mass is 35.5. The van der Waals surface area contributed by atoms with Crippen molar-refractivity contribution in [3.05, 3.63) is 94.0 Å². The fourth-order valence-corrected chi connectivity index (χ4v) is 6.19. The smallest absolute Gasteiger partial charge is 0.0487 e. The van der Waals surface area contributed by atoms with Gasteiger partial charge in [-0.3, -0.25) is 0 Å². The van der Waals surface area contributed by atoms with Crippen molar-refractivity contribution in [1.29, 1.82) is 0 Å². The molecule has 0 saturated carbocycles. The van der Waals surface area contributed by atoms with E-state index in [0.717, 1.165) is 11.4 Å². The molecule has 0 nitrogen and oxygen atoms in total. The van der Waals surface area contributed by atoms with E-state index in [9.17, 15) is 0 Å². The van der Waals surface area contributed by atoms with Crippen LogP contribution in [0.5, 0.6) is 0 Å². The highest BCUT2D eigenvalue weighted by molar-refractivity contribution is 6.34. The van der Waals surface area contributed by atoms with Crippen LogP contribution in [0.2, 0.25) is 5.02 Å². The first-order chi connectivity index (χ1) is 14.4. The summed E-state index contributed by atoms with van der Waals surface area (Å²) < 4.78 is 0. The summed E-state index contributed by atoms with van der Waals surface area (Å²) >= 11 is 6.74. The largest absolute Gasteiger partial charge is 0.0837 e. The molecule has 0 saturated heterocycles. The molecule has 0 spiro atoms. The Morgan fingerprint density at radius 3 is 2.03 bits per heavy atom. The Labute approximate surface area is 183 Å². The zero-order valence-electron chi connectivity index (χ0n) is 17.9. The van der Waals surface area contributed by atoms with Crippen LogP contribution in [0.15, 0.2) is 66.7 Å². The van der Waals surface area contributed by atoms with Crippen LogP contribution in [0.25, 0.3) is 33.0 Å². The molecule has 0 N–H and O–H groups in total. The molecule has 1 heteroatoms. The maximum atomic E-state index is 6.74. The molecule has 4 aromatic rings. The van der Waals surface area contributed by atoms with Crippen molar-refractivity contribution in [2.45, 2.75) is 44.9 Å². The van der Waals surface area contributed by atoms with Gasteiger partial charge < -0.3 is 0 Å². The van der Waals surface area contributed by atoms with Crippen LogP contribution in [-0.4, -0.2) is 0 Å². The monoisotopic (exact) mass is 408 g/mol. The van der Waals surface area contributed by atoms with Crippen molar-refractivity contribution in [1.82, 2.24) is 0 Å². The van der Waals surface area contributed by atoms with Crippen molar-refractivity contribution in [3.63, 3.8) is 0 Å². The van der Waals surface area contributed by atoms with Gasteiger partial charge in [0.25, 0.3) is 0 Å². The summed E-state index contributed by atoms with van der Waals surface area (Å²) in [4.78, 5) is 0. The van der Waals surface area contributed by atoms with Crippen molar-refractivity contribution in [2.75, 3.05) is 0 Å². The normalized spacial score (nSPS) is 20.0. The van der Waals surface area contributed by atoms with Gasteiger partial charge in [0.05, 0.1) is 0 Å². The zero-order valence-corrected chi connectivity index (χ0v) is 18.7. The molecular weight excluding hydrogens is 384 g/mol. The van der Waals surface area contributed by atoms with Crippen LogP contribution in [-0.2, 0) is 10.8 Å². The van der Waals surface area contributed by atoms with Gasteiger partial charge in [0.2, 0.25) is 0 Å². The van der Waals surface area contributed by atoms with Gasteiger partial charge in [0, 0.05) is 21.4 Å². The maximum absolute atomic E-state index is 6.74. The van der Waals surface area contributed by atoms with E-state index in [0.29, 0.717) is 0 Å². The number of benzene rings is 4. The summed E-state index contributed by atoms with van der Waals surface area (Å²) in [5.74, 6) is 0. The SMILES string of the molecule is CCC1(C)c2cc3c(cc2-c2cc4ccccc4cc21)C(C)(C)c1cccc(Cl)c1-3. The predicted octanol–water partition coefficient (Wildman–Crippen LogP) is 8.50. The molecule has 148 valence electrons. The van der Waals surface area contributed by atoms with E-state index in [-0.39, 0.29) is 10.8 Å². The third-order valence-electron chi connectivity index (χ3n) is 7.86. The third-order valence-corrected chi connectivity index (χ3v) is 8.17. The Balaban J connectivity index is 1.71. The lowest BCUT2D eigenvalue weighted by Crippen LogP contribution is -2.19. The second kappa shape index (κ2) is 5.77. The van der Waals surface area contributed by atoms with Crippen LogP contribution >= 0.6 is 11.6 Å². The fourth-order valence-electron chi connectivity index (χ4n) is 5.91. The van der Waals surface area contributed by atoms with E-state index < -0.39 is 0 Å². The minimum absolute atomic E-state index is 0.0118. The lowest BCUT2D eigenvalue weighted by atomic mass is 9.76. The quantitative estimate of drug-likeness (QED) is 0.296. The second-order valence-corrected chi connectivity index (χ2v) is 10.1. The van der Waals surface area contributed by atoms with E-state index in [1.165, 1.54) is 55.3 Å². The molecule has 1 unspecified atom stereocenters. The van der Waals surface area contributed by atoms with Crippen molar-refractivity contribution < 1.29 is 0 Å². The lowest BCUT2D eigenvalue weighted by Gasteiger charge is -2.27. The molecule has 0 fully saturated rings. The molecular formula is C29H25Cl. The van der Waals surface area contributed by atoms with Gasteiger partial charge in [-0.15, -0.1) is 0 Å². The molecule has 0 radical (unpaired) electrons. The average molecular weight is 409 g/mol. The molecule has 2 aliphatic carbocycles. The van der Waals surface area contributed by atoms with Gasteiger partial charge in [0.15, 0.2) is 0 Å². The fraction of sp³-hybridized carbons (Fsp3) is 0.241. The Morgan fingerprint density at radius 1 is 0.667 bits per heavy atom. The maximum Gasteiger partial charge on any atom is 0.0487 e.